The minimum Gasteiger partial charge on any atom is -0.385 e. The lowest BCUT2D eigenvalue weighted by molar-refractivity contribution is 0.689. The predicted octanol–water partition coefficient (Wildman–Crippen LogP) is 5.06. The first-order valence-electron chi connectivity index (χ1n) is 9.96. The molecular weight excluding hydrogens is 360 g/mol. The van der Waals surface area contributed by atoms with Gasteiger partial charge in [0.15, 0.2) is 0 Å². The van der Waals surface area contributed by atoms with E-state index in [-0.39, 0.29) is 6.04 Å². The van der Waals surface area contributed by atoms with Gasteiger partial charge >= 0.3 is 0 Å². The van der Waals surface area contributed by atoms with Gasteiger partial charge in [0.05, 0.1) is 17.1 Å². The van der Waals surface area contributed by atoms with Gasteiger partial charge in [0.1, 0.15) is 12.1 Å². The van der Waals surface area contributed by atoms with Crippen LogP contribution in [0, 0.1) is 5.92 Å². The Morgan fingerprint density at radius 3 is 2.59 bits per heavy atom. The lowest BCUT2D eigenvalue weighted by Gasteiger charge is -2.14. The molecule has 29 heavy (non-hydrogen) atoms. The SMILES string of the molecule is CC(C)CNc1ccc2c(c1)ncn2-c1ccnc(N[C@@H](C)c2ccccc2)n1. The second kappa shape index (κ2) is 8.31. The van der Waals surface area contributed by atoms with E-state index in [2.05, 4.69) is 71.7 Å². The van der Waals surface area contributed by atoms with Crippen molar-refractivity contribution in [1.29, 1.82) is 0 Å². The van der Waals surface area contributed by atoms with Crippen molar-refractivity contribution in [3.8, 4) is 5.82 Å². The second-order valence-corrected chi connectivity index (χ2v) is 7.61. The van der Waals surface area contributed by atoms with Crippen LogP contribution in [-0.4, -0.2) is 26.1 Å². The van der Waals surface area contributed by atoms with Crippen molar-refractivity contribution in [3.63, 3.8) is 0 Å². The first kappa shape index (κ1) is 18.9. The smallest absolute Gasteiger partial charge is 0.225 e. The van der Waals surface area contributed by atoms with Crippen LogP contribution in [0.5, 0.6) is 0 Å². The standard InChI is InChI=1S/C23H26N6/c1-16(2)14-25-19-9-10-21-20(13-19)26-15-29(21)22-11-12-24-23(28-22)27-17(3)18-7-5-4-6-8-18/h4-13,15-17,25H,14H2,1-3H3,(H,24,27,28)/t17-/m0/s1. The molecule has 6 heteroatoms. The van der Waals surface area contributed by atoms with E-state index in [1.165, 1.54) is 5.56 Å². The van der Waals surface area contributed by atoms with Crippen molar-refractivity contribution in [3.05, 3.63) is 72.7 Å². The average molecular weight is 387 g/mol. The first-order valence-corrected chi connectivity index (χ1v) is 9.96. The molecule has 4 aromatic rings. The molecule has 2 aromatic heterocycles. The van der Waals surface area contributed by atoms with Gasteiger partial charge < -0.3 is 10.6 Å². The maximum atomic E-state index is 4.70. The molecule has 0 spiro atoms. The normalized spacial score (nSPS) is 12.3. The van der Waals surface area contributed by atoms with Crippen LogP contribution in [0.25, 0.3) is 16.9 Å². The Morgan fingerprint density at radius 2 is 1.79 bits per heavy atom. The number of nitrogens with zero attached hydrogens (tertiary/aromatic N) is 4. The third kappa shape index (κ3) is 4.37. The van der Waals surface area contributed by atoms with Crippen molar-refractivity contribution in [1.82, 2.24) is 19.5 Å². The predicted molar refractivity (Wildman–Crippen MR) is 118 cm³/mol. The number of nitrogens with one attached hydrogen (secondary N) is 2. The number of anilines is 2. The van der Waals surface area contributed by atoms with Crippen molar-refractivity contribution in [2.24, 2.45) is 5.92 Å². The Kier molecular flexibility index (Phi) is 5.42. The van der Waals surface area contributed by atoms with Crippen molar-refractivity contribution in [2.45, 2.75) is 26.8 Å². The number of imidazole rings is 1. The Morgan fingerprint density at radius 1 is 0.966 bits per heavy atom. The molecule has 0 aliphatic carbocycles. The summed E-state index contributed by atoms with van der Waals surface area (Å²) in [5, 5.41) is 6.83. The fourth-order valence-electron chi connectivity index (χ4n) is 3.20. The van der Waals surface area contributed by atoms with Crippen LogP contribution in [-0.2, 0) is 0 Å². The Bertz CT molecular complexity index is 1090. The Hall–Kier alpha value is -3.41. The van der Waals surface area contributed by atoms with Gasteiger partial charge in [-0.1, -0.05) is 44.2 Å². The number of rotatable bonds is 7. The Balaban J connectivity index is 1.57. The van der Waals surface area contributed by atoms with Crippen LogP contribution < -0.4 is 10.6 Å². The molecule has 0 amide bonds. The highest BCUT2D eigenvalue weighted by Gasteiger charge is 2.10. The maximum absolute atomic E-state index is 4.70. The average Bonchev–Trinajstić information content (AvgIpc) is 3.16. The van der Waals surface area contributed by atoms with Crippen molar-refractivity contribution >= 4 is 22.7 Å². The number of benzene rings is 2. The summed E-state index contributed by atoms with van der Waals surface area (Å²) in [7, 11) is 0. The van der Waals surface area contributed by atoms with E-state index < -0.39 is 0 Å². The maximum Gasteiger partial charge on any atom is 0.225 e. The van der Waals surface area contributed by atoms with Crippen molar-refractivity contribution in [2.75, 3.05) is 17.2 Å². The molecule has 1 atom stereocenters. The molecular formula is C23H26N6. The van der Waals surface area contributed by atoms with E-state index in [9.17, 15) is 0 Å². The molecule has 0 unspecified atom stereocenters. The fraction of sp³-hybridized carbons (Fsp3) is 0.261. The van der Waals surface area contributed by atoms with Gasteiger partial charge in [-0.25, -0.2) is 9.97 Å². The van der Waals surface area contributed by atoms with E-state index in [1.807, 2.05) is 35.2 Å². The fourth-order valence-corrected chi connectivity index (χ4v) is 3.20. The molecule has 4 rings (SSSR count). The molecule has 0 saturated heterocycles. The van der Waals surface area contributed by atoms with E-state index in [4.69, 9.17) is 4.98 Å². The van der Waals surface area contributed by atoms with Crippen LogP contribution in [0.3, 0.4) is 0 Å². The zero-order chi connectivity index (χ0) is 20.2. The Labute approximate surface area is 171 Å². The molecule has 0 aliphatic rings. The van der Waals surface area contributed by atoms with Gasteiger partial charge in [-0.15, -0.1) is 0 Å². The van der Waals surface area contributed by atoms with E-state index >= 15 is 0 Å². The van der Waals surface area contributed by atoms with Crippen LogP contribution in [0.15, 0.2) is 67.1 Å². The van der Waals surface area contributed by atoms with Crippen LogP contribution >= 0.6 is 0 Å². The van der Waals surface area contributed by atoms with E-state index in [0.717, 1.165) is 29.1 Å². The van der Waals surface area contributed by atoms with Gasteiger partial charge in [-0.3, -0.25) is 4.57 Å². The third-order valence-electron chi connectivity index (χ3n) is 4.79. The highest BCUT2D eigenvalue weighted by molar-refractivity contribution is 5.81. The number of hydrogen-bond donors (Lipinski definition) is 2. The van der Waals surface area contributed by atoms with Crippen LogP contribution in [0.4, 0.5) is 11.6 Å². The highest BCUT2D eigenvalue weighted by atomic mass is 15.2. The second-order valence-electron chi connectivity index (χ2n) is 7.61. The summed E-state index contributed by atoms with van der Waals surface area (Å²) in [6.07, 6.45) is 3.58. The highest BCUT2D eigenvalue weighted by Crippen LogP contribution is 2.22. The minimum atomic E-state index is 0.112. The lowest BCUT2D eigenvalue weighted by Crippen LogP contribution is -2.10. The van der Waals surface area contributed by atoms with Crippen molar-refractivity contribution < 1.29 is 0 Å². The summed E-state index contributed by atoms with van der Waals surface area (Å²) in [5.74, 6) is 1.97. The summed E-state index contributed by atoms with van der Waals surface area (Å²) in [4.78, 5) is 13.6. The molecule has 0 fully saturated rings. The summed E-state index contributed by atoms with van der Waals surface area (Å²) >= 11 is 0. The van der Waals surface area contributed by atoms with Gasteiger partial charge in [0.25, 0.3) is 0 Å². The number of fused-ring (bicyclic) bond motifs is 1. The molecule has 0 saturated carbocycles. The van der Waals surface area contributed by atoms with E-state index in [1.54, 1.807) is 6.20 Å². The molecule has 148 valence electrons. The molecule has 6 nitrogen and oxygen atoms in total. The quantitative estimate of drug-likeness (QED) is 0.465. The summed E-state index contributed by atoms with van der Waals surface area (Å²) in [5.41, 5.74) is 4.22. The monoisotopic (exact) mass is 386 g/mol. The van der Waals surface area contributed by atoms with Crippen LogP contribution in [0.1, 0.15) is 32.4 Å². The summed E-state index contributed by atoms with van der Waals surface area (Å²) in [6, 6.07) is 18.5. The van der Waals surface area contributed by atoms with E-state index in [0.29, 0.717) is 11.9 Å². The van der Waals surface area contributed by atoms with Gasteiger partial charge in [0.2, 0.25) is 5.95 Å². The zero-order valence-electron chi connectivity index (χ0n) is 17.0. The molecule has 2 aromatic carbocycles. The summed E-state index contributed by atoms with van der Waals surface area (Å²) in [6.45, 7) is 7.43. The molecule has 0 bridgehead atoms. The zero-order valence-corrected chi connectivity index (χ0v) is 17.0. The third-order valence-corrected chi connectivity index (χ3v) is 4.79. The van der Waals surface area contributed by atoms with Gasteiger partial charge in [-0.05, 0) is 42.7 Å². The number of hydrogen-bond acceptors (Lipinski definition) is 5. The molecule has 0 aliphatic heterocycles. The molecule has 0 radical (unpaired) electrons. The van der Waals surface area contributed by atoms with Crippen LogP contribution in [0.2, 0.25) is 0 Å². The van der Waals surface area contributed by atoms with Gasteiger partial charge in [-0.2, -0.15) is 4.98 Å². The topological polar surface area (TPSA) is 67.7 Å². The minimum absolute atomic E-state index is 0.112. The lowest BCUT2D eigenvalue weighted by atomic mass is 10.1. The molecule has 2 heterocycles. The molecule has 2 N–H and O–H groups in total. The summed E-state index contributed by atoms with van der Waals surface area (Å²) < 4.78 is 1.99. The number of aromatic nitrogens is 4. The first-order chi connectivity index (χ1) is 14.1. The largest absolute Gasteiger partial charge is 0.385 e. The van der Waals surface area contributed by atoms with Gasteiger partial charge in [0, 0.05) is 18.4 Å².